The average Bonchev–Trinajstić information content (AvgIpc) is 3.31. The highest BCUT2D eigenvalue weighted by atomic mass is 32.2. The van der Waals surface area contributed by atoms with Crippen LogP contribution in [0.4, 0.5) is 8.78 Å². The van der Waals surface area contributed by atoms with E-state index in [1.54, 1.807) is 54.4 Å². The maximum Gasteiger partial charge on any atom is 0.320 e. The lowest BCUT2D eigenvalue weighted by Gasteiger charge is -2.17. The Hall–Kier alpha value is -2.52. The predicted molar refractivity (Wildman–Crippen MR) is 117 cm³/mol. The van der Waals surface area contributed by atoms with Crippen LogP contribution in [0.5, 0.6) is 0 Å². The third-order valence-electron chi connectivity index (χ3n) is 4.70. The van der Waals surface area contributed by atoms with Crippen LogP contribution in [0.3, 0.4) is 0 Å². The van der Waals surface area contributed by atoms with E-state index in [1.165, 1.54) is 4.90 Å². The van der Waals surface area contributed by atoms with Crippen LogP contribution in [-0.4, -0.2) is 38.1 Å². The first kappa shape index (κ1) is 20.7. The Kier molecular flexibility index (Phi) is 6.29. The summed E-state index contributed by atoms with van der Waals surface area (Å²) in [5, 5.41) is 0. The van der Waals surface area contributed by atoms with Gasteiger partial charge in [0.1, 0.15) is 5.82 Å². The molecule has 0 N–H and O–H groups in total. The van der Waals surface area contributed by atoms with Crippen molar-refractivity contribution in [3.8, 4) is 0 Å². The highest BCUT2D eigenvalue weighted by Gasteiger charge is 2.20. The molecule has 2 heterocycles. The van der Waals surface area contributed by atoms with Gasteiger partial charge in [-0.15, -0.1) is 11.3 Å². The topological polar surface area (TPSA) is 51.0 Å². The highest BCUT2D eigenvalue weighted by molar-refractivity contribution is 8.01. The molecule has 9 heteroatoms. The Morgan fingerprint density at radius 1 is 1.13 bits per heavy atom. The standard InChI is InChI=1S/C21H20F2N4OS2/c1-26(13-18-24-14-7-2-4-9-16(14)27(18)20(22)23)19(28)11-6-12-29-21-25-15-8-3-5-10-17(15)30-21/h2-5,7-10,20H,6,11-13H2,1H3. The number of imidazole rings is 1. The highest BCUT2D eigenvalue weighted by Crippen LogP contribution is 2.30. The second-order valence-electron chi connectivity index (χ2n) is 6.81. The van der Waals surface area contributed by atoms with E-state index in [-0.39, 0.29) is 18.3 Å². The zero-order chi connectivity index (χ0) is 21.1. The van der Waals surface area contributed by atoms with Gasteiger partial charge < -0.3 is 4.90 Å². The van der Waals surface area contributed by atoms with Crippen LogP contribution in [0.2, 0.25) is 0 Å². The Morgan fingerprint density at radius 3 is 2.63 bits per heavy atom. The van der Waals surface area contributed by atoms with Crippen molar-refractivity contribution in [2.24, 2.45) is 0 Å². The van der Waals surface area contributed by atoms with Crippen molar-refractivity contribution < 1.29 is 13.6 Å². The number of benzene rings is 2. The summed E-state index contributed by atoms with van der Waals surface area (Å²) in [6.45, 7) is -2.66. The molecule has 4 aromatic rings. The number of halogens is 2. The molecule has 0 aliphatic rings. The fourth-order valence-corrected chi connectivity index (χ4v) is 5.29. The van der Waals surface area contributed by atoms with Gasteiger partial charge in [-0.1, -0.05) is 36.0 Å². The van der Waals surface area contributed by atoms with E-state index < -0.39 is 6.55 Å². The van der Waals surface area contributed by atoms with E-state index in [1.807, 2.05) is 24.3 Å². The van der Waals surface area contributed by atoms with E-state index in [0.717, 1.165) is 24.9 Å². The number of thioether (sulfide) groups is 1. The monoisotopic (exact) mass is 446 g/mol. The molecule has 2 aromatic heterocycles. The Bertz CT molecular complexity index is 1140. The summed E-state index contributed by atoms with van der Waals surface area (Å²) in [6.07, 6.45) is 1.04. The molecular weight excluding hydrogens is 426 g/mol. The van der Waals surface area contributed by atoms with Gasteiger partial charge in [-0.3, -0.25) is 9.36 Å². The Balaban J connectivity index is 1.32. The number of rotatable bonds is 8. The van der Waals surface area contributed by atoms with Crippen molar-refractivity contribution in [3.63, 3.8) is 0 Å². The summed E-state index contributed by atoms with van der Waals surface area (Å²) in [4.78, 5) is 22.8. The minimum absolute atomic E-state index is 0.0445. The first-order chi connectivity index (χ1) is 14.5. The summed E-state index contributed by atoms with van der Waals surface area (Å²) in [5.41, 5.74) is 1.86. The lowest BCUT2D eigenvalue weighted by Crippen LogP contribution is -2.27. The molecule has 0 radical (unpaired) electrons. The number of alkyl halides is 2. The maximum atomic E-state index is 13.5. The number of thiazole rings is 1. The number of hydrogen-bond donors (Lipinski definition) is 0. The lowest BCUT2D eigenvalue weighted by molar-refractivity contribution is -0.130. The van der Waals surface area contributed by atoms with Crippen LogP contribution < -0.4 is 0 Å². The molecule has 0 spiro atoms. The number of aromatic nitrogens is 3. The van der Waals surface area contributed by atoms with Gasteiger partial charge in [-0.2, -0.15) is 8.78 Å². The minimum atomic E-state index is -2.71. The molecule has 4 rings (SSSR count). The second-order valence-corrected chi connectivity index (χ2v) is 9.19. The second kappa shape index (κ2) is 9.09. The summed E-state index contributed by atoms with van der Waals surface area (Å²) in [5.74, 6) is 0.869. The zero-order valence-corrected chi connectivity index (χ0v) is 17.9. The van der Waals surface area contributed by atoms with Gasteiger partial charge in [-0.25, -0.2) is 9.97 Å². The van der Waals surface area contributed by atoms with Crippen LogP contribution in [0.25, 0.3) is 21.3 Å². The molecular formula is C21H20F2N4OS2. The fourth-order valence-electron chi connectivity index (χ4n) is 3.21. The third-order valence-corrected chi connectivity index (χ3v) is 6.97. The lowest BCUT2D eigenvalue weighted by atomic mass is 10.3. The Morgan fingerprint density at radius 2 is 1.87 bits per heavy atom. The number of carbonyl (C=O) groups is 1. The minimum Gasteiger partial charge on any atom is -0.338 e. The van der Waals surface area contributed by atoms with Crippen molar-refractivity contribution in [3.05, 3.63) is 54.4 Å². The van der Waals surface area contributed by atoms with Crippen molar-refractivity contribution in [2.75, 3.05) is 12.8 Å². The largest absolute Gasteiger partial charge is 0.338 e. The predicted octanol–water partition coefficient (Wildman–Crippen LogP) is 5.57. The molecule has 0 unspecified atom stereocenters. The summed E-state index contributed by atoms with van der Waals surface area (Å²) < 4.78 is 30.1. The van der Waals surface area contributed by atoms with Crippen molar-refractivity contribution in [2.45, 2.75) is 30.3 Å². The molecule has 0 atom stereocenters. The summed E-state index contributed by atoms with van der Waals surface area (Å²) in [6, 6.07) is 14.7. The quantitative estimate of drug-likeness (QED) is 0.262. The van der Waals surface area contributed by atoms with Crippen molar-refractivity contribution in [1.29, 1.82) is 0 Å². The average molecular weight is 447 g/mol. The zero-order valence-electron chi connectivity index (χ0n) is 16.3. The van der Waals surface area contributed by atoms with Gasteiger partial charge in [0, 0.05) is 19.2 Å². The number of fused-ring (bicyclic) bond motifs is 2. The number of para-hydroxylation sites is 3. The molecule has 0 fully saturated rings. The number of carbonyl (C=O) groups excluding carboxylic acids is 1. The van der Waals surface area contributed by atoms with E-state index in [2.05, 4.69) is 9.97 Å². The summed E-state index contributed by atoms with van der Waals surface area (Å²) >= 11 is 3.28. The van der Waals surface area contributed by atoms with Gasteiger partial charge in [0.05, 0.1) is 27.8 Å². The van der Waals surface area contributed by atoms with Crippen LogP contribution in [0.1, 0.15) is 25.2 Å². The van der Waals surface area contributed by atoms with E-state index in [0.29, 0.717) is 23.9 Å². The van der Waals surface area contributed by atoms with Crippen LogP contribution in [0.15, 0.2) is 52.9 Å². The van der Waals surface area contributed by atoms with E-state index >= 15 is 0 Å². The van der Waals surface area contributed by atoms with Crippen LogP contribution in [0, 0.1) is 0 Å². The van der Waals surface area contributed by atoms with Crippen molar-refractivity contribution >= 4 is 50.3 Å². The molecule has 0 aliphatic heterocycles. The van der Waals surface area contributed by atoms with E-state index in [9.17, 15) is 13.6 Å². The van der Waals surface area contributed by atoms with Gasteiger partial charge in [0.15, 0.2) is 4.34 Å². The van der Waals surface area contributed by atoms with Gasteiger partial charge in [0.25, 0.3) is 0 Å². The van der Waals surface area contributed by atoms with E-state index in [4.69, 9.17) is 0 Å². The first-order valence-electron chi connectivity index (χ1n) is 9.49. The first-order valence-corrected chi connectivity index (χ1v) is 11.3. The van der Waals surface area contributed by atoms with Crippen LogP contribution >= 0.6 is 23.1 Å². The molecule has 0 saturated heterocycles. The van der Waals surface area contributed by atoms with Gasteiger partial charge in [0.2, 0.25) is 5.91 Å². The molecule has 0 bridgehead atoms. The molecule has 5 nitrogen and oxygen atoms in total. The number of amides is 1. The van der Waals surface area contributed by atoms with Gasteiger partial charge >= 0.3 is 6.55 Å². The molecule has 1 amide bonds. The molecule has 0 aliphatic carbocycles. The fraction of sp³-hybridized carbons (Fsp3) is 0.286. The number of hydrogen-bond acceptors (Lipinski definition) is 5. The summed E-state index contributed by atoms with van der Waals surface area (Å²) in [7, 11) is 1.62. The normalized spacial score (nSPS) is 11.6. The number of nitrogens with zero attached hydrogens (tertiary/aromatic N) is 4. The smallest absolute Gasteiger partial charge is 0.320 e. The molecule has 2 aromatic carbocycles. The van der Waals surface area contributed by atoms with Gasteiger partial charge in [-0.05, 0) is 30.7 Å². The third kappa shape index (κ3) is 4.46. The van der Waals surface area contributed by atoms with Crippen LogP contribution in [-0.2, 0) is 11.3 Å². The molecule has 0 saturated carbocycles. The SMILES string of the molecule is CN(Cc1nc2ccccc2n1C(F)F)C(=O)CCCSc1nc2ccccc2s1. The maximum absolute atomic E-state index is 13.5. The molecule has 156 valence electrons. The Labute approximate surface area is 180 Å². The van der Waals surface area contributed by atoms with Crippen molar-refractivity contribution in [1.82, 2.24) is 19.4 Å². The molecule has 30 heavy (non-hydrogen) atoms.